The zero-order valence-electron chi connectivity index (χ0n) is 30.1. The van der Waals surface area contributed by atoms with Gasteiger partial charge in [0.1, 0.15) is 11.2 Å². The maximum Gasteiger partial charge on any atom is 0.160 e. The normalized spacial score (nSPS) is 11.6. The molecule has 4 heterocycles. The van der Waals surface area contributed by atoms with Gasteiger partial charge in [0.25, 0.3) is 0 Å². The molecular formula is C51H31N3OS. The molecule has 0 N–H and O–H groups in total. The second-order valence-corrected chi connectivity index (χ2v) is 15.1. The van der Waals surface area contributed by atoms with Gasteiger partial charge in [-0.3, -0.25) is 4.98 Å². The van der Waals surface area contributed by atoms with Crippen molar-refractivity contribution >= 4 is 53.4 Å². The van der Waals surface area contributed by atoms with Crippen molar-refractivity contribution in [2.45, 2.75) is 0 Å². The molecule has 56 heavy (non-hydrogen) atoms. The molecule has 4 aromatic heterocycles. The summed E-state index contributed by atoms with van der Waals surface area (Å²) in [6.45, 7) is 0. The van der Waals surface area contributed by atoms with Gasteiger partial charge in [-0.1, -0.05) is 127 Å². The van der Waals surface area contributed by atoms with Crippen LogP contribution >= 0.6 is 11.3 Å². The second-order valence-electron chi connectivity index (χ2n) is 14.0. The zero-order valence-corrected chi connectivity index (χ0v) is 30.9. The van der Waals surface area contributed by atoms with Gasteiger partial charge >= 0.3 is 0 Å². The molecule has 0 bridgehead atoms. The highest BCUT2D eigenvalue weighted by Crippen LogP contribution is 2.44. The summed E-state index contributed by atoms with van der Waals surface area (Å²) in [6.07, 6.45) is 3.68. The first-order chi connectivity index (χ1) is 27.7. The predicted octanol–water partition coefficient (Wildman–Crippen LogP) is 14.1. The molecule has 0 aliphatic carbocycles. The van der Waals surface area contributed by atoms with Crippen molar-refractivity contribution in [1.82, 2.24) is 15.0 Å². The van der Waals surface area contributed by atoms with Crippen LogP contribution in [-0.2, 0) is 0 Å². The first kappa shape index (κ1) is 32.2. The van der Waals surface area contributed by atoms with Crippen LogP contribution in [0.1, 0.15) is 0 Å². The van der Waals surface area contributed by atoms with Gasteiger partial charge in [0.15, 0.2) is 5.82 Å². The molecule has 11 aromatic rings. The fraction of sp³-hybridized carbons (Fsp3) is 0. The highest BCUT2D eigenvalue weighted by molar-refractivity contribution is 7.25. The van der Waals surface area contributed by atoms with Crippen molar-refractivity contribution in [2.24, 2.45) is 0 Å². The van der Waals surface area contributed by atoms with Crippen LogP contribution in [0.3, 0.4) is 0 Å². The minimum Gasteiger partial charge on any atom is -0.455 e. The lowest BCUT2D eigenvalue weighted by Crippen LogP contribution is -1.96. The number of benzene rings is 7. The Morgan fingerprint density at radius 1 is 0.411 bits per heavy atom. The molecule has 4 nitrogen and oxygen atoms in total. The Morgan fingerprint density at radius 3 is 1.95 bits per heavy atom. The van der Waals surface area contributed by atoms with Gasteiger partial charge in [0.2, 0.25) is 0 Å². The highest BCUT2D eigenvalue weighted by Gasteiger charge is 2.19. The largest absolute Gasteiger partial charge is 0.455 e. The first-order valence-corrected chi connectivity index (χ1v) is 19.5. The van der Waals surface area contributed by atoms with Crippen molar-refractivity contribution in [3.63, 3.8) is 0 Å². The lowest BCUT2D eigenvalue weighted by Gasteiger charge is -2.12. The van der Waals surface area contributed by atoms with E-state index in [9.17, 15) is 0 Å². The van der Waals surface area contributed by atoms with E-state index < -0.39 is 0 Å². The van der Waals surface area contributed by atoms with E-state index in [-0.39, 0.29) is 0 Å². The molecule has 0 aliphatic rings. The topological polar surface area (TPSA) is 51.8 Å². The summed E-state index contributed by atoms with van der Waals surface area (Å²) in [5, 5.41) is 4.82. The van der Waals surface area contributed by atoms with Crippen molar-refractivity contribution in [3.05, 3.63) is 188 Å². The van der Waals surface area contributed by atoms with E-state index in [1.807, 2.05) is 47.9 Å². The highest BCUT2D eigenvalue weighted by atomic mass is 32.1. The third-order valence-corrected chi connectivity index (χ3v) is 11.8. The number of hydrogen-bond acceptors (Lipinski definition) is 5. The van der Waals surface area contributed by atoms with Gasteiger partial charge in [-0.2, -0.15) is 0 Å². The van der Waals surface area contributed by atoms with Crippen LogP contribution in [0.5, 0.6) is 0 Å². The van der Waals surface area contributed by atoms with Crippen LogP contribution in [0.25, 0.3) is 109 Å². The van der Waals surface area contributed by atoms with Gasteiger partial charge in [-0.15, -0.1) is 11.3 Å². The van der Waals surface area contributed by atoms with E-state index in [0.29, 0.717) is 5.82 Å². The van der Waals surface area contributed by atoms with E-state index >= 15 is 0 Å². The van der Waals surface area contributed by atoms with Crippen LogP contribution in [-0.4, -0.2) is 15.0 Å². The molecule has 0 spiro atoms. The Morgan fingerprint density at radius 2 is 1.09 bits per heavy atom. The number of thiophene rings is 1. The molecule has 0 saturated heterocycles. The van der Waals surface area contributed by atoms with Gasteiger partial charge < -0.3 is 4.42 Å². The van der Waals surface area contributed by atoms with Crippen molar-refractivity contribution < 1.29 is 4.42 Å². The standard InChI is InChI=1S/C51H31N3OS/c1-2-10-34(11-3-1)51-53-44(30-45(54-51)37-13-8-12-35(28-37)38-14-9-27-52-31-38)33-21-19-32(20-22-33)40-25-24-39(49-42-16-4-6-17-46(42)55-50(40)49)36-23-26-48-43(29-36)41-15-5-7-18-47(41)56-48/h1-31H. The molecule has 0 aliphatic heterocycles. The lowest BCUT2D eigenvalue weighted by atomic mass is 9.93. The summed E-state index contributed by atoms with van der Waals surface area (Å²) in [4.78, 5) is 14.5. The van der Waals surface area contributed by atoms with Gasteiger partial charge in [0.05, 0.1) is 11.4 Å². The molecule has 0 radical (unpaired) electrons. The number of para-hydroxylation sites is 1. The Bertz CT molecular complexity index is 3240. The summed E-state index contributed by atoms with van der Waals surface area (Å²) in [5.74, 6) is 0.683. The third kappa shape index (κ3) is 5.56. The van der Waals surface area contributed by atoms with Crippen LogP contribution in [0.15, 0.2) is 193 Å². The molecule has 0 fully saturated rings. The van der Waals surface area contributed by atoms with E-state index in [1.165, 1.54) is 25.7 Å². The molecule has 262 valence electrons. The van der Waals surface area contributed by atoms with Gasteiger partial charge in [-0.05, 0) is 70.8 Å². The summed E-state index contributed by atoms with van der Waals surface area (Å²) in [6, 6.07) is 61.7. The average molecular weight is 734 g/mol. The van der Waals surface area contributed by atoms with Gasteiger partial charge in [-0.25, -0.2) is 9.97 Å². The SMILES string of the molecule is c1ccc(-c2nc(-c3ccc(-c4ccc(-c5ccc6sc7ccccc7c6c5)c5c4oc4ccccc45)cc3)cc(-c3cccc(-c4cccnc4)c3)n2)cc1. The van der Waals surface area contributed by atoms with Crippen molar-refractivity contribution in [2.75, 3.05) is 0 Å². The molecular weight excluding hydrogens is 703 g/mol. The number of aromatic nitrogens is 3. The predicted molar refractivity (Wildman–Crippen MR) is 233 cm³/mol. The molecule has 7 aromatic carbocycles. The van der Waals surface area contributed by atoms with Crippen LogP contribution in [0.2, 0.25) is 0 Å². The summed E-state index contributed by atoms with van der Waals surface area (Å²) in [5.41, 5.74) is 13.1. The first-order valence-electron chi connectivity index (χ1n) is 18.7. The van der Waals surface area contributed by atoms with Crippen LogP contribution in [0.4, 0.5) is 0 Å². The van der Waals surface area contributed by atoms with Crippen LogP contribution in [0, 0.1) is 0 Å². The smallest absolute Gasteiger partial charge is 0.160 e. The van der Waals surface area contributed by atoms with Crippen LogP contribution < -0.4 is 0 Å². The van der Waals surface area contributed by atoms with Crippen molar-refractivity contribution in [1.29, 1.82) is 0 Å². The number of hydrogen-bond donors (Lipinski definition) is 0. The molecule has 0 saturated carbocycles. The fourth-order valence-corrected chi connectivity index (χ4v) is 8.95. The van der Waals surface area contributed by atoms with E-state index in [1.54, 1.807) is 6.20 Å². The average Bonchev–Trinajstić information content (AvgIpc) is 3.85. The third-order valence-electron chi connectivity index (χ3n) is 10.6. The second kappa shape index (κ2) is 13.3. The minimum absolute atomic E-state index is 0.683. The van der Waals surface area contributed by atoms with E-state index in [0.717, 1.165) is 77.8 Å². The molecule has 5 heteroatoms. The molecule has 0 amide bonds. The number of furan rings is 1. The van der Waals surface area contributed by atoms with Gasteiger partial charge in [0, 0.05) is 71.2 Å². The van der Waals surface area contributed by atoms with E-state index in [4.69, 9.17) is 14.4 Å². The Hall–Kier alpha value is -7.21. The summed E-state index contributed by atoms with van der Waals surface area (Å²) >= 11 is 1.84. The Labute approximate surface area is 327 Å². The fourth-order valence-electron chi connectivity index (χ4n) is 7.86. The number of rotatable bonds is 6. The number of pyridine rings is 1. The maximum atomic E-state index is 6.71. The minimum atomic E-state index is 0.683. The number of fused-ring (bicyclic) bond motifs is 6. The van der Waals surface area contributed by atoms with E-state index in [2.05, 4.69) is 151 Å². The summed E-state index contributed by atoms with van der Waals surface area (Å²) < 4.78 is 9.31. The zero-order chi connectivity index (χ0) is 37.0. The number of nitrogens with zero attached hydrogens (tertiary/aromatic N) is 3. The lowest BCUT2D eigenvalue weighted by molar-refractivity contribution is 0.670. The molecule has 0 unspecified atom stereocenters. The Balaban J connectivity index is 1.02. The maximum absolute atomic E-state index is 6.71. The molecule has 11 rings (SSSR count). The monoisotopic (exact) mass is 733 g/mol. The van der Waals surface area contributed by atoms with Crippen molar-refractivity contribution in [3.8, 4) is 67.3 Å². The Kier molecular flexibility index (Phi) is 7.64. The quantitative estimate of drug-likeness (QED) is 0.171. The molecule has 0 atom stereocenters. The summed E-state index contributed by atoms with van der Waals surface area (Å²) in [7, 11) is 0.